The number of nitrogens with one attached hydrogen (secondary N) is 1. The molecule has 20 heavy (non-hydrogen) atoms. The normalized spacial score (nSPS) is 11.3. The first-order chi connectivity index (χ1) is 9.32. The van der Waals surface area contributed by atoms with Crippen molar-refractivity contribution in [2.24, 2.45) is 0 Å². The molecule has 0 aliphatic carbocycles. The van der Waals surface area contributed by atoms with Gasteiger partial charge in [-0.1, -0.05) is 0 Å². The molecule has 0 aliphatic rings. The molecule has 0 saturated heterocycles. The summed E-state index contributed by atoms with van der Waals surface area (Å²) in [5.74, 6) is 0. The molecule has 1 aromatic rings. The molecule has 6 heteroatoms. The van der Waals surface area contributed by atoms with Crippen LogP contribution in [0.3, 0.4) is 0 Å². The molecule has 0 saturated carbocycles. The van der Waals surface area contributed by atoms with E-state index in [9.17, 15) is 10.1 Å². The smallest absolute Gasteiger partial charge is 0.271 e. The monoisotopic (exact) mass is 280 g/mol. The van der Waals surface area contributed by atoms with E-state index >= 15 is 0 Å². The third kappa shape index (κ3) is 4.38. The highest BCUT2D eigenvalue weighted by atomic mass is 16.6. The van der Waals surface area contributed by atoms with Crippen LogP contribution in [-0.4, -0.2) is 35.0 Å². The Hall–Kier alpha value is -1.82. The number of nitro benzene ring substituents is 1. The van der Waals surface area contributed by atoms with E-state index in [0.29, 0.717) is 17.8 Å². The molecule has 112 valence electrons. The van der Waals surface area contributed by atoms with Gasteiger partial charge in [-0.15, -0.1) is 0 Å². The van der Waals surface area contributed by atoms with Crippen LogP contribution in [-0.2, 0) is 0 Å². The molecule has 0 heterocycles. The maximum atomic E-state index is 10.6. The van der Waals surface area contributed by atoms with Crippen molar-refractivity contribution < 1.29 is 4.92 Å². The third-order valence-electron chi connectivity index (χ3n) is 3.26. The van der Waals surface area contributed by atoms with Gasteiger partial charge >= 0.3 is 0 Å². The Bertz CT molecular complexity index is 452. The number of nitro groups is 1. The maximum absolute atomic E-state index is 10.6. The van der Waals surface area contributed by atoms with Crippen molar-refractivity contribution in [2.45, 2.75) is 39.8 Å². The van der Waals surface area contributed by atoms with Crippen molar-refractivity contribution in [1.82, 2.24) is 4.90 Å². The molecule has 0 bridgehead atoms. The summed E-state index contributed by atoms with van der Waals surface area (Å²) < 4.78 is 0. The minimum atomic E-state index is -0.445. The highest BCUT2D eigenvalue weighted by Gasteiger charge is 2.13. The van der Waals surface area contributed by atoms with Crippen molar-refractivity contribution in [3.05, 3.63) is 28.3 Å². The number of hydrogen-bond donors (Lipinski definition) is 2. The summed E-state index contributed by atoms with van der Waals surface area (Å²) in [7, 11) is 0. The highest BCUT2D eigenvalue weighted by Crippen LogP contribution is 2.23. The quantitative estimate of drug-likeness (QED) is 0.456. The van der Waals surface area contributed by atoms with E-state index in [1.54, 1.807) is 6.07 Å². The predicted octanol–water partition coefficient (Wildman–Crippen LogP) is 2.71. The second-order valence-corrected chi connectivity index (χ2v) is 5.38. The van der Waals surface area contributed by atoms with Crippen LogP contribution in [0.15, 0.2) is 18.2 Å². The van der Waals surface area contributed by atoms with Crippen molar-refractivity contribution in [1.29, 1.82) is 0 Å². The average molecular weight is 280 g/mol. The molecule has 3 N–H and O–H groups in total. The second kappa shape index (κ2) is 7.09. The molecule has 0 spiro atoms. The van der Waals surface area contributed by atoms with Gasteiger partial charge in [-0.05, 0) is 33.8 Å². The number of rotatable bonds is 7. The van der Waals surface area contributed by atoms with E-state index in [-0.39, 0.29) is 5.69 Å². The van der Waals surface area contributed by atoms with Gasteiger partial charge in [-0.2, -0.15) is 0 Å². The summed E-state index contributed by atoms with van der Waals surface area (Å²) >= 11 is 0. The van der Waals surface area contributed by atoms with E-state index in [1.807, 2.05) is 0 Å². The number of non-ortho nitro benzene ring substituents is 1. The molecule has 0 unspecified atom stereocenters. The number of nitrogens with two attached hydrogens (primary N) is 1. The Morgan fingerprint density at radius 2 is 1.90 bits per heavy atom. The van der Waals surface area contributed by atoms with Crippen molar-refractivity contribution in [2.75, 3.05) is 24.1 Å². The first-order valence-electron chi connectivity index (χ1n) is 6.86. The molecular weight excluding hydrogens is 256 g/mol. The van der Waals surface area contributed by atoms with E-state index in [2.05, 4.69) is 37.9 Å². The van der Waals surface area contributed by atoms with Crippen molar-refractivity contribution in [3.63, 3.8) is 0 Å². The van der Waals surface area contributed by atoms with Gasteiger partial charge in [-0.3, -0.25) is 15.0 Å². The number of hydrogen-bond acceptors (Lipinski definition) is 5. The summed E-state index contributed by atoms with van der Waals surface area (Å²) in [6.45, 7) is 10.3. The van der Waals surface area contributed by atoms with Crippen LogP contribution in [0, 0.1) is 10.1 Å². The zero-order valence-electron chi connectivity index (χ0n) is 12.6. The Labute approximate surface area is 120 Å². The van der Waals surface area contributed by atoms with Crippen LogP contribution in [0.4, 0.5) is 17.1 Å². The van der Waals surface area contributed by atoms with Crippen LogP contribution >= 0.6 is 0 Å². The molecule has 0 aromatic heterocycles. The number of nitrogens with zero attached hydrogens (tertiary/aromatic N) is 2. The molecule has 0 fully saturated rings. The first-order valence-corrected chi connectivity index (χ1v) is 6.86. The van der Waals surface area contributed by atoms with Gasteiger partial charge in [0.25, 0.3) is 5.69 Å². The van der Waals surface area contributed by atoms with E-state index < -0.39 is 4.92 Å². The van der Waals surface area contributed by atoms with Gasteiger partial charge in [0.1, 0.15) is 0 Å². The molecule has 0 atom stereocenters. The maximum Gasteiger partial charge on any atom is 0.271 e. The van der Waals surface area contributed by atoms with Gasteiger partial charge in [0, 0.05) is 37.3 Å². The van der Waals surface area contributed by atoms with Gasteiger partial charge in [0.2, 0.25) is 0 Å². The molecule has 1 aromatic carbocycles. The second-order valence-electron chi connectivity index (χ2n) is 5.38. The predicted molar refractivity (Wildman–Crippen MR) is 83.0 cm³/mol. The number of nitrogen functional groups attached to an aromatic ring is 1. The van der Waals surface area contributed by atoms with Crippen molar-refractivity contribution >= 4 is 17.1 Å². The number of anilines is 2. The van der Waals surface area contributed by atoms with E-state index in [4.69, 9.17) is 5.73 Å². The Balaban J connectivity index is 2.60. The van der Waals surface area contributed by atoms with Crippen LogP contribution in [0.1, 0.15) is 27.7 Å². The Morgan fingerprint density at radius 3 is 2.35 bits per heavy atom. The summed E-state index contributed by atoms with van der Waals surface area (Å²) in [4.78, 5) is 12.6. The molecular formula is C14H24N4O2. The fourth-order valence-electron chi connectivity index (χ4n) is 2.26. The molecule has 0 aliphatic heterocycles. The van der Waals surface area contributed by atoms with Gasteiger partial charge in [0.15, 0.2) is 0 Å². The van der Waals surface area contributed by atoms with E-state index in [1.165, 1.54) is 12.1 Å². The van der Waals surface area contributed by atoms with E-state index in [0.717, 1.165) is 18.8 Å². The Kier molecular flexibility index (Phi) is 5.76. The van der Waals surface area contributed by atoms with Gasteiger partial charge < -0.3 is 11.1 Å². The minimum Gasteiger partial charge on any atom is -0.397 e. The van der Waals surface area contributed by atoms with Crippen LogP contribution in [0.2, 0.25) is 0 Å². The SMILES string of the molecule is CC(C)N(CCNc1ccc([N+](=O)[O-])cc1N)C(C)C. The Morgan fingerprint density at radius 1 is 1.30 bits per heavy atom. The average Bonchev–Trinajstić information content (AvgIpc) is 2.34. The van der Waals surface area contributed by atoms with Crippen LogP contribution < -0.4 is 11.1 Å². The molecule has 1 rings (SSSR count). The van der Waals surface area contributed by atoms with Crippen LogP contribution in [0.5, 0.6) is 0 Å². The van der Waals surface area contributed by atoms with Gasteiger partial charge in [-0.25, -0.2) is 0 Å². The fraction of sp³-hybridized carbons (Fsp3) is 0.571. The lowest BCUT2D eigenvalue weighted by Gasteiger charge is -2.30. The van der Waals surface area contributed by atoms with Crippen molar-refractivity contribution in [3.8, 4) is 0 Å². The first kappa shape index (κ1) is 16.2. The minimum absolute atomic E-state index is 0.0130. The standard InChI is InChI=1S/C14H24N4O2/c1-10(2)17(11(3)4)8-7-16-14-6-5-12(18(19)20)9-13(14)15/h5-6,9-11,16H,7-8,15H2,1-4H3. The zero-order chi connectivity index (χ0) is 15.3. The largest absolute Gasteiger partial charge is 0.397 e. The molecule has 0 amide bonds. The lowest BCUT2D eigenvalue weighted by molar-refractivity contribution is -0.384. The summed E-state index contributed by atoms with van der Waals surface area (Å²) in [6, 6.07) is 5.45. The topological polar surface area (TPSA) is 84.4 Å². The lowest BCUT2D eigenvalue weighted by Crippen LogP contribution is -2.40. The van der Waals surface area contributed by atoms with Crippen LogP contribution in [0.25, 0.3) is 0 Å². The molecule has 6 nitrogen and oxygen atoms in total. The molecule has 0 radical (unpaired) electrons. The third-order valence-corrected chi connectivity index (χ3v) is 3.26. The highest BCUT2D eigenvalue weighted by molar-refractivity contribution is 5.69. The lowest BCUT2D eigenvalue weighted by atomic mass is 10.2. The zero-order valence-corrected chi connectivity index (χ0v) is 12.6. The summed E-state index contributed by atoms with van der Waals surface area (Å²) in [5, 5.41) is 13.9. The fourth-order valence-corrected chi connectivity index (χ4v) is 2.26. The summed E-state index contributed by atoms with van der Waals surface area (Å²) in [6.07, 6.45) is 0. The summed E-state index contributed by atoms with van der Waals surface area (Å²) in [5.41, 5.74) is 6.97. The number of benzene rings is 1. The van der Waals surface area contributed by atoms with Gasteiger partial charge in [0.05, 0.1) is 16.3 Å².